The third-order valence-electron chi connectivity index (χ3n) is 3.21. The van der Waals surface area contributed by atoms with Crippen LogP contribution in [0, 0.1) is 11.3 Å². The van der Waals surface area contributed by atoms with Gasteiger partial charge < -0.3 is 0 Å². The van der Waals surface area contributed by atoms with E-state index in [1.165, 1.54) is 0 Å². The molecular weight excluding hydrogens is 206 g/mol. The highest BCUT2D eigenvalue weighted by Gasteiger charge is 2.40. The fourth-order valence-electron chi connectivity index (χ4n) is 2.08. The molecule has 2 amide bonds. The smallest absolute Gasteiger partial charge is 0.230 e. The van der Waals surface area contributed by atoms with Crippen molar-refractivity contribution in [1.29, 1.82) is 0 Å². The van der Waals surface area contributed by atoms with Crippen LogP contribution in [0.15, 0.2) is 0 Å². The van der Waals surface area contributed by atoms with Gasteiger partial charge >= 0.3 is 0 Å². The number of hydrogen-bond donors (Lipinski definition) is 0. The molecule has 0 spiro atoms. The second-order valence-corrected chi connectivity index (χ2v) is 5.63. The lowest BCUT2D eigenvalue weighted by molar-refractivity contribution is -0.154. The van der Waals surface area contributed by atoms with Gasteiger partial charge in [0, 0.05) is 18.8 Å². The van der Waals surface area contributed by atoms with E-state index < -0.39 is 0 Å². The number of amides is 2. The molecule has 1 saturated heterocycles. The first-order chi connectivity index (χ1) is 7.39. The molecule has 88 valence electrons. The summed E-state index contributed by atoms with van der Waals surface area (Å²) >= 11 is 0. The van der Waals surface area contributed by atoms with Crippen molar-refractivity contribution in [3.63, 3.8) is 0 Å². The Morgan fingerprint density at radius 1 is 1.25 bits per heavy atom. The van der Waals surface area contributed by atoms with Gasteiger partial charge in [0.25, 0.3) is 0 Å². The van der Waals surface area contributed by atoms with Gasteiger partial charge in [0.2, 0.25) is 11.8 Å². The fraction of sp³-hybridized carbons (Fsp3) is 0.750. The van der Waals surface area contributed by atoms with Crippen molar-refractivity contribution in [3.8, 4) is 0 Å². The summed E-state index contributed by atoms with van der Waals surface area (Å²) in [5, 5.41) is 0. The number of Topliss-reactive ketones (excluding diaryl/α,β-unsaturated/α-hetero) is 1. The van der Waals surface area contributed by atoms with Crippen molar-refractivity contribution in [1.82, 2.24) is 4.90 Å². The second kappa shape index (κ2) is 3.68. The summed E-state index contributed by atoms with van der Waals surface area (Å²) < 4.78 is 0. The molecule has 1 heterocycles. The number of imide groups is 1. The molecule has 1 aliphatic carbocycles. The van der Waals surface area contributed by atoms with Crippen LogP contribution in [-0.2, 0) is 14.4 Å². The van der Waals surface area contributed by atoms with Crippen LogP contribution >= 0.6 is 0 Å². The summed E-state index contributed by atoms with van der Waals surface area (Å²) in [6.07, 6.45) is 2.55. The average Bonchev–Trinajstić information content (AvgIpc) is 2.91. The standard InChI is InChI=1S/C12H17NO3/c1-12(2)5-10(15)13(11(16)6-12)7-9(14)8-3-4-8/h8H,3-7H2,1-2H3. The summed E-state index contributed by atoms with van der Waals surface area (Å²) in [7, 11) is 0. The number of piperidine rings is 1. The summed E-state index contributed by atoms with van der Waals surface area (Å²) in [4.78, 5) is 36.2. The van der Waals surface area contributed by atoms with Crippen LogP contribution in [0.4, 0.5) is 0 Å². The maximum atomic E-state index is 11.8. The Kier molecular flexibility index (Phi) is 2.60. The first kappa shape index (κ1) is 11.3. The summed E-state index contributed by atoms with van der Waals surface area (Å²) in [6, 6.07) is 0. The van der Waals surface area contributed by atoms with Crippen molar-refractivity contribution in [2.45, 2.75) is 39.5 Å². The maximum Gasteiger partial charge on any atom is 0.230 e. The quantitative estimate of drug-likeness (QED) is 0.674. The van der Waals surface area contributed by atoms with Gasteiger partial charge in [-0.25, -0.2) is 0 Å². The molecule has 0 radical (unpaired) electrons. The molecule has 4 heteroatoms. The molecule has 0 atom stereocenters. The van der Waals surface area contributed by atoms with Crippen molar-refractivity contribution in [2.75, 3.05) is 6.54 Å². The van der Waals surface area contributed by atoms with Crippen LogP contribution in [0.3, 0.4) is 0 Å². The van der Waals surface area contributed by atoms with Crippen molar-refractivity contribution in [3.05, 3.63) is 0 Å². The molecule has 0 N–H and O–H groups in total. The van der Waals surface area contributed by atoms with E-state index in [1.54, 1.807) is 0 Å². The Labute approximate surface area is 95.0 Å². The molecule has 4 nitrogen and oxygen atoms in total. The number of nitrogens with zero attached hydrogens (tertiary/aromatic N) is 1. The van der Waals surface area contributed by atoms with E-state index in [-0.39, 0.29) is 35.5 Å². The van der Waals surface area contributed by atoms with E-state index >= 15 is 0 Å². The predicted octanol–water partition coefficient (Wildman–Crippen LogP) is 1.14. The lowest BCUT2D eigenvalue weighted by atomic mass is 9.81. The van der Waals surface area contributed by atoms with Gasteiger partial charge in [-0.15, -0.1) is 0 Å². The zero-order valence-electron chi connectivity index (χ0n) is 9.78. The number of likely N-dealkylation sites (tertiary alicyclic amines) is 1. The van der Waals surface area contributed by atoms with E-state index in [0.29, 0.717) is 12.8 Å². The molecule has 1 aliphatic heterocycles. The Morgan fingerprint density at radius 2 is 1.75 bits per heavy atom. The predicted molar refractivity (Wildman–Crippen MR) is 57.5 cm³/mol. The van der Waals surface area contributed by atoms with Crippen LogP contribution in [0.1, 0.15) is 39.5 Å². The molecule has 2 aliphatic rings. The highest BCUT2D eigenvalue weighted by atomic mass is 16.2. The minimum Gasteiger partial charge on any atom is -0.297 e. The zero-order chi connectivity index (χ0) is 11.9. The molecule has 0 aromatic rings. The Hall–Kier alpha value is -1.19. The Morgan fingerprint density at radius 3 is 2.19 bits per heavy atom. The molecule has 2 rings (SSSR count). The van der Waals surface area contributed by atoms with Gasteiger partial charge in [-0.3, -0.25) is 19.3 Å². The molecule has 16 heavy (non-hydrogen) atoms. The monoisotopic (exact) mass is 223 g/mol. The van der Waals surface area contributed by atoms with E-state index in [0.717, 1.165) is 17.7 Å². The number of carbonyl (C=O) groups is 3. The second-order valence-electron chi connectivity index (χ2n) is 5.63. The number of carbonyl (C=O) groups excluding carboxylic acids is 3. The van der Waals surface area contributed by atoms with Crippen LogP contribution in [-0.4, -0.2) is 29.0 Å². The third kappa shape index (κ3) is 2.31. The van der Waals surface area contributed by atoms with E-state index in [4.69, 9.17) is 0 Å². The zero-order valence-corrected chi connectivity index (χ0v) is 9.78. The highest BCUT2D eigenvalue weighted by Crippen LogP contribution is 2.33. The Balaban J connectivity index is 2.01. The van der Waals surface area contributed by atoms with Crippen LogP contribution in [0.5, 0.6) is 0 Å². The van der Waals surface area contributed by atoms with E-state index in [2.05, 4.69) is 0 Å². The fourth-order valence-corrected chi connectivity index (χ4v) is 2.08. The molecule has 2 fully saturated rings. The summed E-state index contributed by atoms with van der Waals surface area (Å²) in [5.74, 6) is -0.248. The topological polar surface area (TPSA) is 54.5 Å². The number of hydrogen-bond acceptors (Lipinski definition) is 3. The van der Waals surface area contributed by atoms with Crippen LogP contribution in [0.2, 0.25) is 0 Å². The van der Waals surface area contributed by atoms with Gasteiger partial charge in [0.15, 0.2) is 5.78 Å². The highest BCUT2D eigenvalue weighted by molar-refractivity contribution is 6.02. The number of rotatable bonds is 3. The molecule has 0 unspecified atom stereocenters. The third-order valence-corrected chi connectivity index (χ3v) is 3.21. The maximum absolute atomic E-state index is 11.8. The van der Waals surface area contributed by atoms with Gasteiger partial charge in [0.1, 0.15) is 0 Å². The lowest BCUT2D eigenvalue weighted by Gasteiger charge is -2.34. The van der Waals surface area contributed by atoms with Gasteiger partial charge in [0.05, 0.1) is 6.54 Å². The number of ketones is 1. The van der Waals surface area contributed by atoms with Gasteiger partial charge in [-0.1, -0.05) is 13.8 Å². The van der Waals surface area contributed by atoms with Gasteiger partial charge in [-0.05, 0) is 18.3 Å². The normalized spacial score (nSPS) is 24.8. The van der Waals surface area contributed by atoms with Crippen LogP contribution in [0.25, 0.3) is 0 Å². The minimum atomic E-state index is -0.257. The SMILES string of the molecule is CC1(C)CC(=O)N(CC(=O)C2CC2)C(=O)C1. The van der Waals surface area contributed by atoms with E-state index in [9.17, 15) is 14.4 Å². The van der Waals surface area contributed by atoms with E-state index in [1.807, 2.05) is 13.8 Å². The minimum absolute atomic E-state index is 0.00157. The first-order valence-electron chi connectivity index (χ1n) is 5.75. The summed E-state index contributed by atoms with van der Waals surface area (Å²) in [5.41, 5.74) is -0.257. The first-order valence-corrected chi connectivity index (χ1v) is 5.75. The molecule has 0 bridgehead atoms. The summed E-state index contributed by atoms with van der Waals surface area (Å²) in [6.45, 7) is 3.81. The molecule has 0 aromatic carbocycles. The lowest BCUT2D eigenvalue weighted by Crippen LogP contribution is -2.48. The largest absolute Gasteiger partial charge is 0.297 e. The van der Waals surface area contributed by atoms with Crippen molar-refractivity contribution >= 4 is 17.6 Å². The van der Waals surface area contributed by atoms with Crippen LogP contribution < -0.4 is 0 Å². The van der Waals surface area contributed by atoms with Crippen molar-refractivity contribution < 1.29 is 14.4 Å². The molecular formula is C12H17NO3. The Bertz CT molecular complexity index is 335. The molecule has 1 saturated carbocycles. The van der Waals surface area contributed by atoms with Crippen molar-refractivity contribution in [2.24, 2.45) is 11.3 Å². The molecule has 0 aromatic heterocycles. The van der Waals surface area contributed by atoms with Gasteiger partial charge in [-0.2, -0.15) is 0 Å². The average molecular weight is 223 g/mol.